The summed E-state index contributed by atoms with van der Waals surface area (Å²) in [7, 11) is -4.08. The molecule has 0 bridgehead atoms. The Kier molecular flexibility index (Phi) is 4.31. The number of piperidine rings is 1. The Morgan fingerprint density at radius 2 is 2.10 bits per heavy atom. The molecule has 1 saturated heterocycles. The number of carboxylic acids is 1. The van der Waals surface area contributed by atoms with Crippen LogP contribution in [0.1, 0.15) is 23.2 Å². The minimum absolute atomic E-state index is 0.00914. The van der Waals surface area contributed by atoms with E-state index >= 15 is 0 Å². The molecule has 1 fully saturated rings. The molecular weight excluding hydrogens is 331 g/mol. The van der Waals surface area contributed by atoms with Crippen molar-refractivity contribution in [2.45, 2.75) is 23.2 Å². The van der Waals surface area contributed by atoms with Gasteiger partial charge < -0.3 is 5.11 Å². The number of carboxylic acid groups (broad SMARTS) is 1. The minimum Gasteiger partial charge on any atom is -0.478 e. The third-order valence-electron chi connectivity index (χ3n) is 3.26. The maximum Gasteiger partial charge on any atom is 0.393 e. The summed E-state index contributed by atoms with van der Waals surface area (Å²) in [4.78, 5) is 10.8. The van der Waals surface area contributed by atoms with Crippen LogP contribution in [0.2, 0.25) is 0 Å². The lowest BCUT2D eigenvalue weighted by molar-refractivity contribution is -0.182. The monoisotopic (exact) mass is 343 g/mol. The van der Waals surface area contributed by atoms with Gasteiger partial charge in [-0.25, -0.2) is 13.2 Å². The molecule has 2 rings (SSSR count). The van der Waals surface area contributed by atoms with E-state index in [0.717, 1.165) is 15.8 Å². The molecule has 5 nitrogen and oxygen atoms in total. The van der Waals surface area contributed by atoms with Gasteiger partial charge in [-0.3, -0.25) is 0 Å². The van der Waals surface area contributed by atoms with Crippen LogP contribution in [0.25, 0.3) is 0 Å². The normalized spacial score (nSPS) is 21.4. The van der Waals surface area contributed by atoms with E-state index in [0.29, 0.717) is 11.3 Å². The average Bonchev–Trinajstić information content (AvgIpc) is 2.88. The van der Waals surface area contributed by atoms with Gasteiger partial charge >= 0.3 is 12.1 Å². The molecule has 118 valence electrons. The highest BCUT2D eigenvalue weighted by atomic mass is 32.2. The molecule has 21 heavy (non-hydrogen) atoms. The lowest BCUT2D eigenvalue weighted by Gasteiger charge is -2.32. The van der Waals surface area contributed by atoms with Crippen LogP contribution >= 0.6 is 11.3 Å². The first kappa shape index (κ1) is 16.2. The molecule has 0 aliphatic carbocycles. The highest BCUT2D eigenvalue weighted by molar-refractivity contribution is 7.91. The van der Waals surface area contributed by atoms with E-state index in [-0.39, 0.29) is 29.2 Å². The van der Waals surface area contributed by atoms with E-state index in [4.69, 9.17) is 5.11 Å². The highest BCUT2D eigenvalue weighted by Gasteiger charge is 2.44. The predicted octanol–water partition coefficient (Wildman–Crippen LogP) is 2.41. The molecule has 1 aromatic rings. The number of halogens is 3. The zero-order chi connectivity index (χ0) is 15.8. The Balaban J connectivity index is 2.24. The third-order valence-corrected chi connectivity index (χ3v) is 6.54. The molecule has 2 heterocycles. The van der Waals surface area contributed by atoms with Gasteiger partial charge in [-0.1, -0.05) is 0 Å². The van der Waals surface area contributed by atoms with Crippen LogP contribution in [0.4, 0.5) is 13.2 Å². The summed E-state index contributed by atoms with van der Waals surface area (Å²) in [5.41, 5.74) is -0.192. The Labute approximate surface area is 123 Å². The first-order valence-electron chi connectivity index (χ1n) is 6.01. The number of carbonyl (C=O) groups is 1. The van der Waals surface area contributed by atoms with Crippen LogP contribution in [0.3, 0.4) is 0 Å². The number of aromatic carboxylic acids is 1. The third kappa shape index (κ3) is 3.38. The summed E-state index contributed by atoms with van der Waals surface area (Å²) in [5.74, 6) is -2.96. The van der Waals surface area contributed by atoms with Gasteiger partial charge in [0.1, 0.15) is 4.21 Å². The zero-order valence-electron chi connectivity index (χ0n) is 10.6. The number of rotatable bonds is 3. The van der Waals surface area contributed by atoms with Crippen LogP contribution in [0.15, 0.2) is 15.7 Å². The van der Waals surface area contributed by atoms with E-state index in [9.17, 15) is 26.4 Å². The standard InChI is InChI=1S/C11H12F3NO4S2/c12-11(13,14)8-2-1-3-15(5-8)21(18,19)9-4-7(6-20-9)10(16)17/h4,6,8H,1-3,5H2,(H,16,17)/t8-/m0/s1. The second-order valence-corrected chi connectivity index (χ2v) is 7.78. The Hall–Kier alpha value is -1.13. The van der Waals surface area contributed by atoms with E-state index in [2.05, 4.69) is 0 Å². The van der Waals surface area contributed by atoms with Crippen molar-refractivity contribution in [1.82, 2.24) is 4.31 Å². The van der Waals surface area contributed by atoms with Crippen molar-refractivity contribution in [3.63, 3.8) is 0 Å². The second kappa shape index (κ2) is 5.58. The topological polar surface area (TPSA) is 74.7 Å². The van der Waals surface area contributed by atoms with E-state index in [1.807, 2.05) is 0 Å². The zero-order valence-corrected chi connectivity index (χ0v) is 12.3. The molecule has 0 spiro atoms. The van der Waals surface area contributed by atoms with Crippen molar-refractivity contribution in [3.8, 4) is 0 Å². The van der Waals surface area contributed by atoms with Crippen molar-refractivity contribution < 1.29 is 31.5 Å². The van der Waals surface area contributed by atoms with Gasteiger partial charge in [0, 0.05) is 18.5 Å². The molecule has 1 aliphatic rings. The molecule has 1 atom stereocenters. The SMILES string of the molecule is O=C(O)c1csc(S(=O)(=O)N2CCC[C@H](C(F)(F)F)C2)c1. The molecule has 1 N–H and O–H groups in total. The Bertz CT molecular complexity index is 638. The van der Waals surface area contributed by atoms with Gasteiger partial charge in [0.05, 0.1) is 11.5 Å². The molecule has 10 heteroatoms. The number of hydrogen-bond donors (Lipinski definition) is 1. The summed E-state index contributed by atoms with van der Waals surface area (Å²) in [6.45, 7) is -0.610. The van der Waals surface area contributed by atoms with Crippen LogP contribution in [0, 0.1) is 5.92 Å². The number of sulfonamides is 1. The molecule has 1 aliphatic heterocycles. The molecule has 1 aromatic heterocycles. The largest absolute Gasteiger partial charge is 0.478 e. The van der Waals surface area contributed by atoms with Gasteiger partial charge in [0.25, 0.3) is 10.0 Å². The van der Waals surface area contributed by atoms with Crippen LogP contribution < -0.4 is 0 Å². The van der Waals surface area contributed by atoms with E-state index in [1.54, 1.807) is 0 Å². The lowest BCUT2D eigenvalue weighted by atomic mass is 9.99. The number of hydrogen-bond acceptors (Lipinski definition) is 4. The Morgan fingerprint density at radius 1 is 1.43 bits per heavy atom. The average molecular weight is 343 g/mol. The number of nitrogens with zero attached hydrogens (tertiary/aromatic N) is 1. The summed E-state index contributed by atoms with van der Waals surface area (Å²) < 4.78 is 63.2. The molecule has 0 aromatic carbocycles. The smallest absolute Gasteiger partial charge is 0.393 e. The van der Waals surface area contributed by atoms with Gasteiger partial charge in [-0.2, -0.15) is 17.5 Å². The number of thiophene rings is 1. The van der Waals surface area contributed by atoms with E-state index in [1.165, 1.54) is 0 Å². The maximum atomic E-state index is 12.7. The van der Waals surface area contributed by atoms with Gasteiger partial charge in [0.15, 0.2) is 0 Å². The molecular formula is C11H12F3NO4S2. The number of alkyl halides is 3. The summed E-state index contributed by atoms with van der Waals surface area (Å²) >= 11 is 0.695. The summed E-state index contributed by atoms with van der Waals surface area (Å²) in [6, 6.07) is 0.972. The van der Waals surface area contributed by atoms with Crippen molar-refractivity contribution in [1.29, 1.82) is 0 Å². The minimum atomic E-state index is -4.43. The Morgan fingerprint density at radius 3 is 2.62 bits per heavy atom. The molecule has 0 unspecified atom stereocenters. The summed E-state index contributed by atoms with van der Waals surface area (Å²) in [5, 5.41) is 9.93. The highest BCUT2D eigenvalue weighted by Crippen LogP contribution is 2.35. The van der Waals surface area contributed by atoms with Gasteiger partial charge in [-0.05, 0) is 18.9 Å². The maximum absolute atomic E-state index is 12.7. The molecule has 0 saturated carbocycles. The van der Waals surface area contributed by atoms with Crippen molar-refractivity contribution in [2.75, 3.05) is 13.1 Å². The first-order valence-corrected chi connectivity index (χ1v) is 8.33. The molecule has 0 amide bonds. The fourth-order valence-electron chi connectivity index (χ4n) is 2.12. The lowest BCUT2D eigenvalue weighted by Crippen LogP contribution is -2.44. The van der Waals surface area contributed by atoms with Gasteiger partial charge in [-0.15, -0.1) is 11.3 Å². The van der Waals surface area contributed by atoms with Gasteiger partial charge in [0.2, 0.25) is 0 Å². The van der Waals surface area contributed by atoms with E-state index < -0.39 is 34.6 Å². The van der Waals surface area contributed by atoms with Crippen molar-refractivity contribution >= 4 is 27.3 Å². The van der Waals surface area contributed by atoms with Crippen LogP contribution in [-0.4, -0.2) is 43.1 Å². The predicted molar refractivity (Wildman–Crippen MR) is 68.8 cm³/mol. The van der Waals surface area contributed by atoms with Crippen molar-refractivity contribution in [3.05, 3.63) is 17.0 Å². The first-order chi connectivity index (χ1) is 9.62. The van der Waals surface area contributed by atoms with Crippen LogP contribution in [-0.2, 0) is 10.0 Å². The summed E-state index contributed by atoms with van der Waals surface area (Å²) in [6.07, 6.45) is -4.41. The quantitative estimate of drug-likeness (QED) is 0.915. The second-order valence-electron chi connectivity index (χ2n) is 4.70. The van der Waals surface area contributed by atoms with Crippen molar-refractivity contribution in [2.24, 2.45) is 5.92 Å². The fourth-order valence-corrected chi connectivity index (χ4v) is 4.95. The molecule has 0 radical (unpaired) electrons. The van der Waals surface area contributed by atoms with Crippen LogP contribution in [0.5, 0.6) is 0 Å². The fraction of sp³-hybridized carbons (Fsp3) is 0.545.